The summed E-state index contributed by atoms with van der Waals surface area (Å²) in [6.45, 7) is 4.14. The molecule has 0 aliphatic carbocycles. The number of aromatic nitrogens is 12. The molecule has 0 unspecified atom stereocenters. The molecule has 0 amide bonds. The second-order valence-corrected chi connectivity index (χ2v) is 27.2. The molecule has 0 aliphatic rings. The molecule has 10 heterocycles. The van der Waals surface area contributed by atoms with Gasteiger partial charge in [0, 0.05) is 84.0 Å². The Bertz CT molecular complexity index is 5780. The van der Waals surface area contributed by atoms with Crippen LogP contribution >= 0.6 is 11.3 Å². The maximum atomic E-state index is 10.9. The van der Waals surface area contributed by atoms with Crippen molar-refractivity contribution in [2.24, 2.45) is 0 Å². The van der Waals surface area contributed by atoms with Gasteiger partial charge in [-0.3, -0.25) is 22.6 Å². The standard InChI is InChI=1S/C24H19N3O2.C24H19N3OS.C22H21N3O.C20H17N3O/c2*28-24-21(15-19-12-7-13-29-19)26-23-20(14-17-8-3-1-4-9-17)25-22(16-27(23)24)18-10-5-2-6-11-18;1-2-9-18-22(26)25-15-20(17-12-7-4-8-13-17)23-19(21(25)24-18)14-16-10-5-3-6-11-16;1-14-7-9-15(10-8-14)11-17-20(24)23-13-18(21-12-19(23)22-17)16-5-3-2-4-6-16/h2*1-13,16,28H,14-15H2;3-8,10-13,15,26H,2,9,14H2,1H3;2-10,12-13,24H,11H2,1H3. The molecule has 108 heavy (non-hydrogen) atoms. The molecule has 0 saturated carbocycles. The smallest absolute Gasteiger partial charge is 0.219 e. The van der Waals surface area contributed by atoms with Crippen LogP contribution in [0.25, 0.3) is 67.6 Å². The molecule has 10 aromatic heterocycles. The summed E-state index contributed by atoms with van der Waals surface area (Å²) in [6.07, 6.45) is 16.0. The summed E-state index contributed by atoms with van der Waals surface area (Å²) in [5, 5.41) is 45.1. The number of rotatable bonds is 18. The zero-order valence-electron chi connectivity index (χ0n) is 59.5. The Balaban J connectivity index is 0.000000115. The quantitative estimate of drug-likeness (QED) is 0.0630. The van der Waals surface area contributed by atoms with Crippen LogP contribution in [0.4, 0.5) is 0 Å². The van der Waals surface area contributed by atoms with Crippen LogP contribution in [0.3, 0.4) is 0 Å². The van der Waals surface area contributed by atoms with E-state index < -0.39 is 0 Å². The number of hydrogen-bond acceptors (Lipinski definition) is 14. The summed E-state index contributed by atoms with van der Waals surface area (Å²) in [4.78, 5) is 39.0. The summed E-state index contributed by atoms with van der Waals surface area (Å²) < 4.78 is 12.4. The molecule has 4 N–H and O–H groups in total. The zero-order chi connectivity index (χ0) is 73.7. The van der Waals surface area contributed by atoms with Crippen molar-refractivity contribution in [2.75, 3.05) is 0 Å². The molecule has 0 saturated heterocycles. The van der Waals surface area contributed by atoms with Crippen molar-refractivity contribution in [3.05, 3.63) is 382 Å². The zero-order valence-corrected chi connectivity index (χ0v) is 60.3. The first kappa shape index (κ1) is 70.1. The minimum absolute atomic E-state index is 0.116. The van der Waals surface area contributed by atoms with Crippen molar-refractivity contribution >= 4 is 33.9 Å². The molecule has 0 radical (unpaired) electrons. The lowest BCUT2D eigenvalue weighted by molar-refractivity contribution is 0.438. The van der Waals surface area contributed by atoms with E-state index in [4.69, 9.17) is 29.3 Å². The third-order valence-electron chi connectivity index (χ3n) is 18.5. The Labute approximate surface area is 628 Å². The first-order chi connectivity index (χ1) is 53.0. The van der Waals surface area contributed by atoms with E-state index in [1.54, 1.807) is 41.4 Å². The number of benzene rings is 8. The molecule has 0 fully saturated rings. The lowest BCUT2D eigenvalue weighted by Gasteiger charge is -2.08. The van der Waals surface area contributed by atoms with Gasteiger partial charge in [-0.15, -0.1) is 11.3 Å². The monoisotopic (exact) mass is 1440 g/mol. The van der Waals surface area contributed by atoms with Gasteiger partial charge in [-0.1, -0.05) is 262 Å². The number of aromatic hydroxyl groups is 4. The minimum atomic E-state index is 0.116. The third kappa shape index (κ3) is 16.2. The summed E-state index contributed by atoms with van der Waals surface area (Å²) in [5.41, 5.74) is 21.0. The Morgan fingerprint density at radius 3 is 1.12 bits per heavy atom. The van der Waals surface area contributed by atoms with Crippen LogP contribution in [0, 0.1) is 6.92 Å². The number of thiophene rings is 1. The highest BCUT2D eigenvalue weighted by Crippen LogP contribution is 2.33. The van der Waals surface area contributed by atoms with Gasteiger partial charge in [0.1, 0.15) is 28.5 Å². The molecule has 0 atom stereocenters. The summed E-state index contributed by atoms with van der Waals surface area (Å²) in [7, 11) is 0. The first-order valence-corrected chi connectivity index (χ1v) is 36.7. The number of nitrogens with zero attached hydrogens (tertiary/aromatic N) is 12. The lowest BCUT2D eigenvalue weighted by Crippen LogP contribution is -2.00. The fourth-order valence-electron chi connectivity index (χ4n) is 13.0. The molecule has 0 bridgehead atoms. The second-order valence-electron chi connectivity index (χ2n) is 26.2. The largest absolute Gasteiger partial charge is 0.493 e. The molecule has 18 aromatic rings. The molecular formula is C90H76N12O5S. The Morgan fingerprint density at radius 1 is 0.333 bits per heavy atom. The van der Waals surface area contributed by atoms with Crippen molar-refractivity contribution < 1.29 is 24.8 Å². The number of imidazole rings is 4. The maximum Gasteiger partial charge on any atom is 0.219 e. The average Bonchev–Trinajstić information content (AvgIpc) is 1.62. The van der Waals surface area contributed by atoms with Gasteiger partial charge in [-0.25, -0.2) is 34.9 Å². The average molecular weight is 1440 g/mol. The molecule has 532 valence electrons. The SMILES string of the molecule is CCCc1nc2c(Cc3ccccc3)nc(-c3ccccc3)cn2c1O.Cc1ccc(Cc2nc3cnc(-c4ccccc4)cn3c2O)cc1.Oc1c(Cc2ccco2)nc2c(Cc3ccccc3)nc(-c3ccccc3)cn12.Oc1c(Cc2cccs2)nc2c(Cc3ccccc3)nc(-c3ccccc3)cn12. The fraction of sp³-hybridized carbons (Fsp3) is 0.111. The first-order valence-electron chi connectivity index (χ1n) is 35.8. The van der Waals surface area contributed by atoms with Gasteiger partial charge in [0.15, 0.2) is 22.6 Å². The van der Waals surface area contributed by atoms with Crippen LogP contribution in [-0.2, 0) is 44.9 Å². The molecule has 18 heteroatoms. The Morgan fingerprint density at radius 2 is 0.704 bits per heavy atom. The normalized spacial score (nSPS) is 11.1. The van der Waals surface area contributed by atoms with Gasteiger partial charge >= 0.3 is 0 Å². The minimum Gasteiger partial charge on any atom is -0.493 e. The summed E-state index contributed by atoms with van der Waals surface area (Å²) in [6, 6.07) is 86.6. The van der Waals surface area contributed by atoms with E-state index in [0.29, 0.717) is 72.5 Å². The second kappa shape index (κ2) is 32.6. The Hall–Kier alpha value is -13.6. The number of furan rings is 1. The van der Waals surface area contributed by atoms with E-state index in [-0.39, 0.29) is 23.5 Å². The van der Waals surface area contributed by atoms with E-state index in [9.17, 15) is 20.4 Å². The van der Waals surface area contributed by atoms with Crippen LogP contribution in [0.5, 0.6) is 23.5 Å². The number of fused-ring (bicyclic) bond motifs is 4. The van der Waals surface area contributed by atoms with Crippen molar-refractivity contribution in [3.8, 4) is 68.5 Å². The highest BCUT2D eigenvalue weighted by molar-refractivity contribution is 7.09. The highest BCUT2D eigenvalue weighted by atomic mass is 32.1. The van der Waals surface area contributed by atoms with Crippen molar-refractivity contribution in [1.82, 2.24) is 57.5 Å². The van der Waals surface area contributed by atoms with Crippen molar-refractivity contribution in [1.29, 1.82) is 0 Å². The lowest BCUT2D eigenvalue weighted by atomic mass is 10.1. The van der Waals surface area contributed by atoms with Crippen molar-refractivity contribution in [2.45, 2.75) is 65.2 Å². The molecule has 0 spiro atoms. The summed E-state index contributed by atoms with van der Waals surface area (Å²) in [5.74, 6) is 1.44. The van der Waals surface area contributed by atoms with Crippen LogP contribution < -0.4 is 0 Å². The molecule has 0 aliphatic heterocycles. The van der Waals surface area contributed by atoms with E-state index in [1.165, 1.54) is 16.0 Å². The van der Waals surface area contributed by atoms with E-state index in [2.05, 4.69) is 95.5 Å². The van der Waals surface area contributed by atoms with Crippen LogP contribution in [0.1, 0.15) is 91.7 Å². The van der Waals surface area contributed by atoms with Crippen LogP contribution in [-0.4, -0.2) is 77.9 Å². The van der Waals surface area contributed by atoms with Crippen molar-refractivity contribution in [3.63, 3.8) is 0 Å². The highest BCUT2D eigenvalue weighted by Gasteiger charge is 2.23. The van der Waals surface area contributed by atoms with Crippen LogP contribution in [0.15, 0.2) is 308 Å². The number of hydrogen-bond donors (Lipinski definition) is 4. The third-order valence-corrected chi connectivity index (χ3v) is 19.3. The molecule has 17 nitrogen and oxygen atoms in total. The topological polar surface area (TPSA) is 215 Å². The van der Waals surface area contributed by atoms with Gasteiger partial charge < -0.3 is 24.8 Å². The van der Waals surface area contributed by atoms with Gasteiger partial charge in [-0.05, 0) is 59.2 Å². The fourth-order valence-corrected chi connectivity index (χ4v) is 13.7. The van der Waals surface area contributed by atoms with Gasteiger partial charge in [0.2, 0.25) is 23.5 Å². The predicted octanol–water partition coefficient (Wildman–Crippen LogP) is 18.9. The summed E-state index contributed by atoms with van der Waals surface area (Å²) >= 11 is 1.67. The Kier molecular flexibility index (Phi) is 21.2. The predicted molar refractivity (Wildman–Crippen MR) is 425 cm³/mol. The molecule has 8 aromatic carbocycles. The van der Waals surface area contributed by atoms with Gasteiger partial charge in [0.25, 0.3) is 0 Å². The maximum absolute atomic E-state index is 10.9. The van der Waals surface area contributed by atoms with Crippen LogP contribution in [0.2, 0.25) is 0 Å². The van der Waals surface area contributed by atoms with E-state index in [1.807, 2.05) is 224 Å². The molecule has 18 rings (SSSR count). The van der Waals surface area contributed by atoms with E-state index >= 15 is 0 Å². The number of aryl methyl sites for hydroxylation is 2. The van der Waals surface area contributed by atoms with Gasteiger partial charge in [-0.2, -0.15) is 0 Å². The van der Waals surface area contributed by atoms with Gasteiger partial charge in [0.05, 0.1) is 58.7 Å². The van der Waals surface area contributed by atoms with E-state index in [0.717, 1.165) is 109 Å². The molecular weight excluding hydrogens is 1360 g/mol.